The monoisotopic (exact) mass is 428 g/mol. The maximum atomic E-state index is 12.5. The molecule has 11 heteroatoms. The number of carbonyl (C=O) groups excluding carboxylic acids is 4. The summed E-state index contributed by atoms with van der Waals surface area (Å²) in [6.07, 6.45) is -1.45. The number of aliphatic hydroxyl groups excluding tert-OH is 1. The Labute approximate surface area is 192 Å². The number of benzene rings is 1. The fourth-order valence-electron chi connectivity index (χ4n) is 2.99. The van der Waals surface area contributed by atoms with Crippen molar-refractivity contribution in [3.05, 3.63) is 47.2 Å². The van der Waals surface area contributed by atoms with Gasteiger partial charge in [-0.15, -0.1) is 11.8 Å². The summed E-state index contributed by atoms with van der Waals surface area (Å²) in [5, 5.41) is 23.5. The topological polar surface area (TPSA) is 136 Å². The molecule has 29 heavy (non-hydrogen) atoms. The summed E-state index contributed by atoms with van der Waals surface area (Å²) >= 11 is 1.22. The average molecular weight is 428 g/mol. The van der Waals surface area contributed by atoms with E-state index in [9.17, 15) is 29.4 Å². The standard InChI is InChI=1S/C18H18N2O7S.Na/c1-9(21)27-7-11-8-28-17-12(16(24)20(17)13(11)18(25)26)19-15(23)14(22)10-5-3-2-4-6-10;/h2-6,12,14,17,22H,7-8H2,1H3,(H,19,23)(H,25,26);/q;+1/p-1/t12-,14?,17+;/m0./s1. The second kappa shape index (κ2) is 9.77. The average Bonchev–Trinajstić information content (AvgIpc) is 2.69. The van der Waals surface area contributed by atoms with Gasteiger partial charge in [-0.05, 0) is 5.56 Å². The zero-order valence-electron chi connectivity index (χ0n) is 15.8. The van der Waals surface area contributed by atoms with Crippen molar-refractivity contribution in [3.8, 4) is 0 Å². The van der Waals surface area contributed by atoms with Gasteiger partial charge in [0.25, 0.3) is 11.8 Å². The van der Waals surface area contributed by atoms with E-state index in [4.69, 9.17) is 4.74 Å². The van der Waals surface area contributed by atoms with Crippen LogP contribution in [-0.4, -0.2) is 57.5 Å². The molecular formula is C18H17N2NaO7S. The molecule has 1 aromatic carbocycles. The number of aliphatic carboxylic acids is 1. The Morgan fingerprint density at radius 1 is 1.34 bits per heavy atom. The van der Waals surface area contributed by atoms with Gasteiger partial charge in [0.2, 0.25) is 0 Å². The van der Waals surface area contributed by atoms with Crippen LogP contribution in [0.4, 0.5) is 0 Å². The molecule has 0 spiro atoms. The van der Waals surface area contributed by atoms with Gasteiger partial charge in [-0.1, -0.05) is 30.3 Å². The van der Waals surface area contributed by atoms with Crippen LogP contribution in [0.3, 0.4) is 0 Å². The molecule has 2 aliphatic heterocycles. The molecular weight excluding hydrogens is 411 g/mol. The first-order valence-electron chi connectivity index (χ1n) is 8.36. The van der Waals surface area contributed by atoms with Crippen LogP contribution in [0.25, 0.3) is 0 Å². The predicted octanol–water partition coefficient (Wildman–Crippen LogP) is -4.31. The third-order valence-electron chi connectivity index (χ3n) is 4.35. The molecule has 9 nitrogen and oxygen atoms in total. The number of carboxylic acid groups (broad SMARTS) is 1. The van der Waals surface area contributed by atoms with Gasteiger partial charge >= 0.3 is 35.5 Å². The zero-order valence-corrected chi connectivity index (χ0v) is 18.6. The molecule has 2 N–H and O–H groups in total. The van der Waals surface area contributed by atoms with Crippen LogP contribution < -0.4 is 40.0 Å². The summed E-state index contributed by atoms with van der Waals surface area (Å²) in [5.74, 6) is -3.33. The van der Waals surface area contributed by atoms with E-state index in [1.807, 2.05) is 0 Å². The van der Waals surface area contributed by atoms with Gasteiger partial charge in [-0.25, -0.2) is 0 Å². The van der Waals surface area contributed by atoms with E-state index in [1.54, 1.807) is 30.3 Å². The Bertz CT molecular complexity index is 861. The van der Waals surface area contributed by atoms with Gasteiger partial charge in [-0.3, -0.25) is 19.3 Å². The summed E-state index contributed by atoms with van der Waals surface area (Å²) < 4.78 is 4.83. The number of fused-ring (bicyclic) bond motifs is 1. The summed E-state index contributed by atoms with van der Waals surface area (Å²) in [5.41, 5.74) is 0.280. The number of ether oxygens (including phenoxy) is 1. The van der Waals surface area contributed by atoms with Crippen molar-refractivity contribution in [2.24, 2.45) is 0 Å². The number of aliphatic hydroxyl groups is 1. The number of nitrogens with one attached hydrogen (secondary N) is 1. The van der Waals surface area contributed by atoms with Crippen molar-refractivity contribution in [2.45, 2.75) is 24.4 Å². The number of esters is 1. The Morgan fingerprint density at radius 3 is 2.59 bits per heavy atom. The number of hydrogen-bond donors (Lipinski definition) is 2. The largest absolute Gasteiger partial charge is 1.00 e. The van der Waals surface area contributed by atoms with Crippen LogP contribution >= 0.6 is 11.8 Å². The molecule has 1 saturated heterocycles. The number of carbonyl (C=O) groups is 4. The molecule has 0 bridgehead atoms. The Kier molecular flexibility index (Phi) is 7.89. The SMILES string of the molecule is CC(=O)OCC1=C(C(=O)[O-])N2C(=O)[C@H](NC(=O)C(O)c3ccccc3)[C@H]2SC1.[Na+]. The van der Waals surface area contributed by atoms with Crippen molar-refractivity contribution in [3.63, 3.8) is 0 Å². The minimum Gasteiger partial charge on any atom is -0.543 e. The third kappa shape index (κ3) is 4.84. The molecule has 0 aliphatic carbocycles. The van der Waals surface area contributed by atoms with Crippen LogP contribution in [0, 0.1) is 0 Å². The van der Waals surface area contributed by atoms with Crippen LogP contribution in [0.15, 0.2) is 41.6 Å². The predicted molar refractivity (Wildman–Crippen MR) is 95.1 cm³/mol. The second-order valence-corrected chi connectivity index (χ2v) is 7.33. The summed E-state index contributed by atoms with van der Waals surface area (Å²) in [6, 6.07) is 7.25. The zero-order chi connectivity index (χ0) is 20.4. The van der Waals surface area contributed by atoms with Crippen LogP contribution in [0.5, 0.6) is 0 Å². The molecule has 0 aromatic heterocycles. The van der Waals surface area contributed by atoms with Crippen molar-refractivity contribution in [1.29, 1.82) is 0 Å². The van der Waals surface area contributed by atoms with Gasteiger partial charge in [0.1, 0.15) is 18.0 Å². The van der Waals surface area contributed by atoms with Crippen molar-refractivity contribution >= 4 is 35.5 Å². The molecule has 3 atom stereocenters. The molecule has 1 unspecified atom stereocenters. The van der Waals surface area contributed by atoms with E-state index in [0.29, 0.717) is 5.56 Å². The smallest absolute Gasteiger partial charge is 0.543 e. The van der Waals surface area contributed by atoms with E-state index < -0.39 is 41.3 Å². The molecule has 3 rings (SSSR count). The maximum Gasteiger partial charge on any atom is 1.00 e. The first kappa shape index (κ1) is 23.4. The molecule has 0 saturated carbocycles. The van der Waals surface area contributed by atoms with Crippen LogP contribution in [0.1, 0.15) is 18.6 Å². The maximum absolute atomic E-state index is 12.5. The second-order valence-electron chi connectivity index (χ2n) is 6.23. The molecule has 148 valence electrons. The minimum absolute atomic E-state index is 0. The molecule has 0 radical (unpaired) electrons. The number of carboxylic acids is 1. The third-order valence-corrected chi connectivity index (χ3v) is 5.69. The van der Waals surface area contributed by atoms with Crippen molar-refractivity contribution < 1.29 is 63.7 Å². The van der Waals surface area contributed by atoms with Crippen LogP contribution in [-0.2, 0) is 23.9 Å². The number of β-lactam (4-membered cyclic amide) rings is 1. The molecule has 2 aliphatic rings. The summed E-state index contributed by atoms with van der Waals surface area (Å²) in [4.78, 5) is 48.3. The first-order valence-corrected chi connectivity index (χ1v) is 9.41. The van der Waals surface area contributed by atoms with Gasteiger partial charge < -0.3 is 25.1 Å². The quantitative estimate of drug-likeness (QED) is 0.264. The molecule has 2 amide bonds. The van der Waals surface area contributed by atoms with E-state index in [1.165, 1.54) is 18.7 Å². The number of amides is 2. The van der Waals surface area contributed by atoms with E-state index in [2.05, 4.69) is 5.32 Å². The summed E-state index contributed by atoms with van der Waals surface area (Å²) in [6.45, 7) is 0.933. The van der Waals surface area contributed by atoms with Crippen molar-refractivity contribution in [2.75, 3.05) is 12.4 Å². The number of nitrogens with zero attached hydrogens (tertiary/aromatic N) is 1. The molecule has 1 aromatic rings. The van der Waals surface area contributed by atoms with E-state index in [0.717, 1.165) is 4.90 Å². The van der Waals surface area contributed by atoms with Gasteiger partial charge in [0.15, 0.2) is 6.10 Å². The number of rotatable bonds is 6. The molecule has 2 heterocycles. The Balaban J connectivity index is 0.00000300. The Hall–Kier alpha value is -1.85. The Morgan fingerprint density at radius 2 is 2.00 bits per heavy atom. The van der Waals surface area contributed by atoms with Crippen LogP contribution in [0.2, 0.25) is 0 Å². The normalized spacial score (nSPS) is 21.3. The first-order chi connectivity index (χ1) is 13.3. The fraction of sp³-hybridized carbons (Fsp3) is 0.333. The van der Waals surface area contributed by atoms with Crippen molar-refractivity contribution in [1.82, 2.24) is 10.2 Å². The fourth-order valence-corrected chi connectivity index (χ4v) is 4.32. The summed E-state index contributed by atoms with van der Waals surface area (Å²) in [7, 11) is 0. The molecule has 1 fully saturated rings. The number of thioether (sulfide) groups is 1. The van der Waals surface area contributed by atoms with E-state index in [-0.39, 0.29) is 53.2 Å². The van der Waals surface area contributed by atoms with E-state index >= 15 is 0 Å². The van der Waals surface area contributed by atoms with Gasteiger partial charge in [-0.2, -0.15) is 0 Å². The number of hydrogen-bond acceptors (Lipinski definition) is 8. The van der Waals surface area contributed by atoms with Gasteiger partial charge in [0, 0.05) is 18.2 Å². The van der Waals surface area contributed by atoms with Gasteiger partial charge in [0.05, 0.1) is 11.7 Å². The minimum atomic E-state index is -1.56.